The number of likely N-dealkylation sites (N-methyl/N-ethyl adjacent to an activating group) is 1. The van der Waals surface area contributed by atoms with Gasteiger partial charge in [-0.25, -0.2) is 0 Å². The van der Waals surface area contributed by atoms with E-state index in [1.54, 1.807) is 7.11 Å². The van der Waals surface area contributed by atoms with E-state index in [0.29, 0.717) is 35.1 Å². The second-order valence-electron chi connectivity index (χ2n) is 7.43. The zero-order valence-corrected chi connectivity index (χ0v) is 16.4. The van der Waals surface area contributed by atoms with Gasteiger partial charge in [0.1, 0.15) is 6.04 Å². The van der Waals surface area contributed by atoms with Crippen molar-refractivity contribution in [2.75, 3.05) is 34.3 Å². The van der Waals surface area contributed by atoms with E-state index in [2.05, 4.69) is 18.3 Å². The largest absolute Gasteiger partial charge is 0.492 e. The Kier molecular flexibility index (Phi) is 4.35. The first-order chi connectivity index (χ1) is 14.2. The molecule has 2 atom stereocenters. The third-order valence-corrected chi connectivity index (χ3v) is 5.90. The average molecular weight is 399 g/mol. The summed E-state index contributed by atoms with van der Waals surface area (Å²) < 4.78 is 27.9. The molecule has 3 heterocycles. The Labute approximate surface area is 168 Å². The zero-order chi connectivity index (χ0) is 20.0. The molecule has 0 radical (unpaired) electrons. The molecule has 0 spiro atoms. The summed E-state index contributed by atoms with van der Waals surface area (Å²) in [6.07, 6.45) is 1.45. The van der Waals surface area contributed by atoms with E-state index in [0.717, 1.165) is 29.8 Å². The Hall–Kier alpha value is -3.13. The Morgan fingerprint density at radius 3 is 2.76 bits per heavy atom. The predicted molar refractivity (Wildman–Crippen MR) is 103 cm³/mol. The van der Waals surface area contributed by atoms with Gasteiger partial charge in [0.05, 0.1) is 38.4 Å². The summed E-state index contributed by atoms with van der Waals surface area (Å²) in [5.74, 6) is 3.45. The number of methoxy groups -OCH3 is 1. The molecular weight excluding hydrogens is 376 g/mol. The predicted octanol–water partition coefficient (Wildman–Crippen LogP) is 1.53. The van der Waals surface area contributed by atoms with Gasteiger partial charge in [-0.1, -0.05) is 5.16 Å². The highest BCUT2D eigenvalue weighted by Gasteiger charge is 2.37. The number of oxime groups is 1. The molecule has 2 N–H and O–H groups in total. The highest BCUT2D eigenvalue weighted by molar-refractivity contribution is 6.01. The van der Waals surface area contributed by atoms with E-state index in [9.17, 15) is 5.21 Å². The van der Waals surface area contributed by atoms with E-state index in [1.165, 1.54) is 10.5 Å². The Balaban J connectivity index is 1.53. The third kappa shape index (κ3) is 2.91. The van der Waals surface area contributed by atoms with Gasteiger partial charge in [0.15, 0.2) is 23.0 Å². The highest BCUT2D eigenvalue weighted by atomic mass is 16.7. The van der Waals surface area contributed by atoms with Crippen LogP contribution in [-0.4, -0.2) is 45.2 Å². The molecule has 0 fully saturated rings. The summed E-state index contributed by atoms with van der Waals surface area (Å²) in [5, 5.41) is 13.4. The Morgan fingerprint density at radius 2 is 1.93 bits per heavy atom. The Bertz CT molecular complexity index is 990. The summed E-state index contributed by atoms with van der Waals surface area (Å²) in [6, 6.07) is 7.67. The van der Waals surface area contributed by atoms with Crippen LogP contribution in [0.5, 0.6) is 28.7 Å². The number of nitrogens with one attached hydrogen (secondary N) is 1. The second kappa shape index (κ2) is 7.04. The lowest BCUT2D eigenvalue weighted by atomic mass is 9.87. The summed E-state index contributed by atoms with van der Waals surface area (Å²) in [6.45, 7) is 1.36. The van der Waals surface area contributed by atoms with Crippen molar-refractivity contribution >= 4 is 5.71 Å². The maximum absolute atomic E-state index is 9.80. The van der Waals surface area contributed by atoms with Crippen molar-refractivity contribution in [2.24, 2.45) is 5.16 Å². The molecule has 0 aliphatic carbocycles. The molecule has 152 valence electrons. The van der Waals surface area contributed by atoms with E-state index < -0.39 is 0 Å². The van der Waals surface area contributed by atoms with Crippen molar-refractivity contribution in [3.8, 4) is 28.7 Å². The molecule has 8 nitrogen and oxygen atoms in total. The maximum atomic E-state index is 9.80. The maximum Gasteiger partial charge on any atom is 0.231 e. The van der Waals surface area contributed by atoms with Gasteiger partial charge in [-0.05, 0) is 29.8 Å². The van der Waals surface area contributed by atoms with Crippen LogP contribution in [0, 0.1) is 0 Å². The third-order valence-electron chi connectivity index (χ3n) is 5.90. The van der Waals surface area contributed by atoms with Crippen molar-refractivity contribution in [2.45, 2.75) is 18.9 Å². The van der Waals surface area contributed by atoms with Gasteiger partial charge in [0.25, 0.3) is 0 Å². The summed E-state index contributed by atoms with van der Waals surface area (Å²) in [5.41, 5.74) is 3.66. The number of benzene rings is 2. The SMILES string of the molecule is COc1c2c(cc3c1[C@H](C/C(=N\O)c1ccc4c(c1)OCO4)[NH+](C)CC3)OCO2. The fraction of sp³-hybridized carbons (Fsp3) is 0.381. The van der Waals surface area contributed by atoms with Crippen molar-refractivity contribution in [1.82, 2.24) is 0 Å². The van der Waals surface area contributed by atoms with Crippen LogP contribution < -0.4 is 28.6 Å². The van der Waals surface area contributed by atoms with Crippen molar-refractivity contribution in [3.63, 3.8) is 0 Å². The zero-order valence-electron chi connectivity index (χ0n) is 16.4. The van der Waals surface area contributed by atoms with Gasteiger partial charge in [-0.3, -0.25) is 0 Å². The van der Waals surface area contributed by atoms with Crippen molar-refractivity contribution < 1.29 is 33.8 Å². The fourth-order valence-corrected chi connectivity index (χ4v) is 4.38. The van der Waals surface area contributed by atoms with Crippen LogP contribution in [0.3, 0.4) is 0 Å². The highest BCUT2D eigenvalue weighted by Crippen LogP contribution is 2.48. The number of hydrogen-bond donors (Lipinski definition) is 2. The Morgan fingerprint density at radius 1 is 1.14 bits per heavy atom. The minimum Gasteiger partial charge on any atom is -0.492 e. The molecule has 2 aromatic rings. The quantitative estimate of drug-likeness (QED) is 0.461. The van der Waals surface area contributed by atoms with Crippen LogP contribution in [0.1, 0.15) is 29.2 Å². The van der Waals surface area contributed by atoms with Crippen molar-refractivity contribution in [3.05, 3.63) is 41.0 Å². The number of rotatable bonds is 4. The lowest BCUT2D eigenvalue weighted by Crippen LogP contribution is -3.10. The molecule has 1 unspecified atom stereocenters. The summed E-state index contributed by atoms with van der Waals surface area (Å²) in [4.78, 5) is 1.32. The molecule has 0 aromatic heterocycles. The van der Waals surface area contributed by atoms with Crippen LogP contribution in [0.2, 0.25) is 0 Å². The van der Waals surface area contributed by atoms with E-state index in [-0.39, 0.29) is 19.6 Å². The van der Waals surface area contributed by atoms with Crippen LogP contribution in [0.15, 0.2) is 29.4 Å². The molecule has 5 rings (SSSR count). The van der Waals surface area contributed by atoms with Crippen LogP contribution >= 0.6 is 0 Å². The van der Waals surface area contributed by atoms with Crippen LogP contribution in [0.4, 0.5) is 0 Å². The number of quaternary nitrogens is 1. The number of nitrogens with zero attached hydrogens (tertiary/aromatic N) is 1. The van der Waals surface area contributed by atoms with E-state index >= 15 is 0 Å². The summed E-state index contributed by atoms with van der Waals surface area (Å²) >= 11 is 0. The molecule has 29 heavy (non-hydrogen) atoms. The minimum absolute atomic E-state index is 0.0412. The first kappa shape index (κ1) is 17.9. The molecular formula is C21H23N2O6+. The molecule has 8 heteroatoms. The molecule has 3 aliphatic heterocycles. The van der Waals surface area contributed by atoms with Gasteiger partial charge < -0.3 is 33.8 Å². The number of ether oxygens (including phenoxy) is 5. The van der Waals surface area contributed by atoms with E-state index in [4.69, 9.17) is 23.7 Å². The van der Waals surface area contributed by atoms with Gasteiger partial charge in [0, 0.05) is 12.0 Å². The molecule has 3 aliphatic rings. The lowest BCUT2D eigenvalue weighted by molar-refractivity contribution is -0.913. The molecule has 0 bridgehead atoms. The minimum atomic E-state index is 0.0412. The van der Waals surface area contributed by atoms with Gasteiger partial charge in [-0.2, -0.15) is 0 Å². The molecule has 0 saturated carbocycles. The smallest absolute Gasteiger partial charge is 0.231 e. The van der Waals surface area contributed by atoms with Crippen molar-refractivity contribution in [1.29, 1.82) is 0 Å². The second-order valence-corrected chi connectivity index (χ2v) is 7.43. The first-order valence-electron chi connectivity index (χ1n) is 9.62. The van der Waals surface area contributed by atoms with Gasteiger partial charge in [0.2, 0.25) is 19.3 Å². The van der Waals surface area contributed by atoms with Crippen LogP contribution in [-0.2, 0) is 6.42 Å². The topological polar surface area (TPSA) is 83.2 Å². The molecule has 0 amide bonds. The molecule has 0 saturated heterocycles. The monoisotopic (exact) mass is 399 g/mol. The number of hydrogen-bond acceptors (Lipinski definition) is 7. The van der Waals surface area contributed by atoms with Gasteiger partial charge in [-0.15, -0.1) is 0 Å². The van der Waals surface area contributed by atoms with Crippen LogP contribution in [0.25, 0.3) is 0 Å². The number of fused-ring (bicyclic) bond motifs is 3. The normalized spacial score (nSPS) is 21.8. The first-order valence-corrected chi connectivity index (χ1v) is 9.62. The average Bonchev–Trinajstić information content (AvgIpc) is 3.40. The lowest BCUT2D eigenvalue weighted by Gasteiger charge is -2.33. The fourth-order valence-electron chi connectivity index (χ4n) is 4.38. The van der Waals surface area contributed by atoms with E-state index in [1.807, 2.05) is 18.2 Å². The van der Waals surface area contributed by atoms with Gasteiger partial charge >= 0.3 is 0 Å². The summed E-state index contributed by atoms with van der Waals surface area (Å²) in [7, 11) is 3.80. The standard InChI is InChI=1S/C21H22N2O6/c1-23-6-5-13-8-18-20(29-11-28-18)21(25-2)19(13)15(23)9-14(22-24)12-3-4-16-17(7-12)27-10-26-16/h3-4,7-8,15,24H,5-6,9-11H2,1-2H3/p+1/b22-14+/t15-/m0/s1. The molecule has 2 aromatic carbocycles.